The molecule has 88 valence electrons. The number of aromatic nitrogens is 5. The van der Waals surface area contributed by atoms with Crippen LogP contribution >= 0.6 is 0 Å². The third-order valence-electron chi connectivity index (χ3n) is 2.64. The van der Waals surface area contributed by atoms with Gasteiger partial charge in [-0.3, -0.25) is 4.98 Å². The summed E-state index contributed by atoms with van der Waals surface area (Å²) in [5, 5.41) is 3.22. The van der Waals surface area contributed by atoms with Crippen molar-refractivity contribution in [1.82, 2.24) is 20.1 Å². The largest absolute Gasteiger partial charge is 0.321 e. The van der Waals surface area contributed by atoms with Crippen LogP contribution in [-0.2, 0) is 0 Å². The first kappa shape index (κ1) is 10.6. The molecule has 18 heavy (non-hydrogen) atoms. The molecule has 2 aromatic heterocycles. The van der Waals surface area contributed by atoms with Crippen molar-refractivity contribution < 1.29 is 4.68 Å². The number of aromatic amines is 1. The summed E-state index contributed by atoms with van der Waals surface area (Å²) in [6.07, 6.45) is 4.98. The zero-order valence-corrected chi connectivity index (χ0v) is 9.91. The first-order valence-electron chi connectivity index (χ1n) is 5.65. The van der Waals surface area contributed by atoms with Crippen LogP contribution in [0.2, 0.25) is 0 Å². The fourth-order valence-corrected chi connectivity index (χ4v) is 1.79. The molecule has 0 spiro atoms. The maximum Gasteiger partial charge on any atom is 0.321 e. The van der Waals surface area contributed by atoms with Gasteiger partial charge in [0.1, 0.15) is 0 Å². The van der Waals surface area contributed by atoms with Gasteiger partial charge in [0.15, 0.2) is 11.4 Å². The number of rotatable bonds is 2. The Balaban J connectivity index is 2.07. The number of H-pyrrole nitrogens is 1. The van der Waals surface area contributed by atoms with Crippen molar-refractivity contribution in [2.45, 2.75) is 6.92 Å². The first-order valence-corrected chi connectivity index (χ1v) is 5.65. The van der Waals surface area contributed by atoms with Crippen molar-refractivity contribution in [1.29, 1.82) is 0 Å². The van der Waals surface area contributed by atoms with E-state index in [2.05, 4.69) is 20.1 Å². The number of nitrogens with one attached hydrogen (secondary N) is 1. The molecule has 0 saturated carbocycles. The Kier molecular flexibility index (Phi) is 2.57. The summed E-state index contributed by atoms with van der Waals surface area (Å²) in [7, 11) is 0. The predicted molar refractivity (Wildman–Crippen MR) is 65.9 cm³/mol. The number of para-hydroxylation sites is 1. The number of hydrogen-bond donors (Lipinski definition) is 1. The predicted octanol–water partition coefficient (Wildman–Crippen LogP) is 1.45. The zero-order valence-electron chi connectivity index (χ0n) is 9.91. The van der Waals surface area contributed by atoms with Crippen LogP contribution in [0, 0.1) is 6.92 Å². The lowest BCUT2D eigenvalue weighted by molar-refractivity contribution is -0.662. The molecule has 0 radical (unpaired) electrons. The van der Waals surface area contributed by atoms with Crippen molar-refractivity contribution in [3.05, 3.63) is 54.7 Å². The van der Waals surface area contributed by atoms with Crippen LogP contribution in [0.4, 0.5) is 0 Å². The molecule has 5 heteroatoms. The highest BCUT2D eigenvalue weighted by atomic mass is 15.4. The van der Waals surface area contributed by atoms with E-state index < -0.39 is 0 Å². The summed E-state index contributed by atoms with van der Waals surface area (Å²) in [5.74, 6) is 1.59. The SMILES string of the molecule is Cc1nc(-c2cnccn2)[nH][n+]1-c1ccccc1. The fraction of sp³-hybridized carbons (Fsp3) is 0.0769. The van der Waals surface area contributed by atoms with Gasteiger partial charge in [-0.05, 0) is 17.1 Å². The summed E-state index contributed by atoms with van der Waals surface area (Å²) >= 11 is 0. The molecule has 1 aromatic carbocycles. The van der Waals surface area contributed by atoms with Gasteiger partial charge in [0.05, 0.1) is 6.20 Å². The van der Waals surface area contributed by atoms with E-state index >= 15 is 0 Å². The standard InChI is InChI=1S/C13H11N5/c1-10-16-13(12-9-14-7-8-15-12)17-18(10)11-5-3-2-4-6-11/h2-9H,1H3/p+1. The van der Waals surface area contributed by atoms with Gasteiger partial charge in [-0.2, -0.15) is 5.10 Å². The first-order chi connectivity index (χ1) is 8.84. The summed E-state index contributed by atoms with van der Waals surface area (Å²) < 4.78 is 1.92. The van der Waals surface area contributed by atoms with E-state index in [1.807, 2.05) is 41.9 Å². The van der Waals surface area contributed by atoms with E-state index in [4.69, 9.17) is 0 Å². The molecule has 0 unspecified atom stereocenters. The van der Waals surface area contributed by atoms with Crippen molar-refractivity contribution in [2.24, 2.45) is 0 Å². The van der Waals surface area contributed by atoms with Crippen LogP contribution in [0.3, 0.4) is 0 Å². The summed E-state index contributed by atoms with van der Waals surface area (Å²) in [5.41, 5.74) is 1.77. The zero-order chi connectivity index (χ0) is 12.4. The van der Waals surface area contributed by atoms with Gasteiger partial charge >= 0.3 is 11.6 Å². The van der Waals surface area contributed by atoms with E-state index in [1.165, 1.54) is 0 Å². The lowest BCUT2D eigenvalue weighted by Gasteiger charge is -1.94. The molecular weight excluding hydrogens is 226 g/mol. The minimum atomic E-state index is 0.712. The van der Waals surface area contributed by atoms with Crippen LogP contribution in [0.1, 0.15) is 5.82 Å². The summed E-state index contributed by atoms with van der Waals surface area (Å²) in [6.45, 7) is 1.95. The quantitative estimate of drug-likeness (QED) is 0.687. The molecule has 5 nitrogen and oxygen atoms in total. The highest BCUT2D eigenvalue weighted by molar-refractivity contribution is 5.45. The van der Waals surface area contributed by atoms with Crippen molar-refractivity contribution in [3.8, 4) is 17.2 Å². The molecule has 0 aliphatic rings. The molecule has 0 aliphatic carbocycles. The highest BCUT2D eigenvalue weighted by Crippen LogP contribution is 2.09. The fourth-order valence-electron chi connectivity index (χ4n) is 1.79. The maximum absolute atomic E-state index is 4.46. The van der Waals surface area contributed by atoms with Crippen molar-refractivity contribution >= 4 is 0 Å². The van der Waals surface area contributed by atoms with E-state index in [9.17, 15) is 0 Å². The highest BCUT2D eigenvalue weighted by Gasteiger charge is 2.18. The molecule has 0 aliphatic heterocycles. The smallest absolute Gasteiger partial charge is 0.261 e. The van der Waals surface area contributed by atoms with E-state index in [0.29, 0.717) is 5.82 Å². The molecule has 1 N–H and O–H groups in total. The topological polar surface area (TPSA) is 58.3 Å². The van der Waals surface area contributed by atoms with E-state index in [1.54, 1.807) is 18.6 Å². The number of aryl methyl sites for hydroxylation is 1. The van der Waals surface area contributed by atoms with E-state index in [0.717, 1.165) is 17.2 Å². The Morgan fingerprint density at radius 2 is 1.94 bits per heavy atom. The number of hydrogen-bond acceptors (Lipinski definition) is 3. The third-order valence-corrected chi connectivity index (χ3v) is 2.64. The van der Waals surface area contributed by atoms with Crippen LogP contribution in [0.5, 0.6) is 0 Å². The summed E-state index contributed by atoms with van der Waals surface area (Å²) in [6, 6.07) is 10.0. The molecule has 3 rings (SSSR count). The molecular formula is C13H12N5+. The second kappa shape index (κ2) is 4.37. The normalized spacial score (nSPS) is 10.5. The lowest BCUT2D eigenvalue weighted by atomic mass is 10.3. The molecule has 0 saturated heterocycles. The van der Waals surface area contributed by atoms with Gasteiger partial charge in [0.25, 0.3) is 0 Å². The third kappa shape index (κ3) is 1.86. The average molecular weight is 238 g/mol. The average Bonchev–Trinajstić information content (AvgIpc) is 2.83. The number of nitrogens with zero attached hydrogens (tertiary/aromatic N) is 4. The maximum atomic E-state index is 4.46. The summed E-state index contributed by atoms with van der Waals surface area (Å²) in [4.78, 5) is 12.7. The van der Waals surface area contributed by atoms with Gasteiger partial charge in [-0.15, -0.1) is 4.68 Å². The molecule has 0 fully saturated rings. The molecule has 0 amide bonds. The van der Waals surface area contributed by atoms with Gasteiger partial charge in [-0.1, -0.05) is 18.2 Å². The Labute approximate surface area is 104 Å². The Morgan fingerprint density at radius 3 is 2.67 bits per heavy atom. The Morgan fingerprint density at radius 1 is 1.11 bits per heavy atom. The molecule has 0 bridgehead atoms. The Hall–Kier alpha value is -2.56. The van der Waals surface area contributed by atoms with E-state index in [-0.39, 0.29) is 0 Å². The van der Waals surface area contributed by atoms with Crippen molar-refractivity contribution in [3.63, 3.8) is 0 Å². The second-order valence-corrected chi connectivity index (χ2v) is 3.88. The minimum absolute atomic E-state index is 0.712. The van der Waals surface area contributed by atoms with Gasteiger partial charge in [-0.25, -0.2) is 4.98 Å². The second-order valence-electron chi connectivity index (χ2n) is 3.88. The lowest BCUT2D eigenvalue weighted by Crippen LogP contribution is -2.35. The molecule has 3 aromatic rings. The molecule has 0 atom stereocenters. The van der Waals surface area contributed by atoms with Crippen molar-refractivity contribution in [2.75, 3.05) is 0 Å². The van der Waals surface area contributed by atoms with Crippen LogP contribution in [0.25, 0.3) is 17.2 Å². The molecule has 2 heterocycles. The van der Waals surface area contributed by atoms with Crippen LogP contribution in [0.15, 0.2) is 48.9 Å². The van der Waals surface area contributed by atoms with Crippen LogP contribution < -0.4 is 4.68 Å². The minimum Gasteiger partial charge on any atom is -0.261 e. The van der Waals surface area contributed by atoms with Gasteiger partial charge in [0.2, 0.25) is 0 Å². The Bertz CT molecular complexity index is 646. The van der Waals surface area contributed by atoms with Gasteiger partial charge in [0, 0.05) is 19.3 Å². The monoisotopic (exact) mass is 238 g/mol. The van der Waals surface area contributed by atoms with Crippen LogP contribution in [-0.4, -0.2) is 20.1 Å². The van der Waals surface area contributed by atoms with Gasteiger partial charge < -0.3 is 0 Å². The number of benzene rings is 1.